The van der Waals surface area contributed by atoms with Gasteiger partial charge in [-0.2, -0.15) is 0 Å². The molecule has 0 rings (SSSR count). The Balaban J connectivity index is 3.32. The third-order valence-electron chi connectivity index (χ3n) is 0.925. The zero-order valence-electron chi connectivity index (χ0n) is 4.79. The van der Waals surface area contributed by atoms with Crippen molar-refractivity contribution in [3.05, 3.63) is 0 Å². The first kappa shape index (κ1) is 10.9. The molecule has 0 spiro atoms. The summed E-state index contributed by atoms with van der Waals surface area (Å²) in [5.74, 6) is 0. The van der Waals surface area contributed by atoms with E-state index in [1.807, 2.05) is 0 Å². The molecule has 0 aliphatic rings. The van der Waals surface area contributed by atoms with Crippen molar-refractivity contribution in [1.82, 2.24) is 0 Å². The summed E-state index contributed by atoms with van der Waals surface area (Å²) in [6.07, 6.45) is 1.15. The molecule has 2 atom stereocenters. The van der Waals surface area contributed by atoms with Gasteiger partial charge in [0.2, 0.25) is 0 Å². The molecule has 0 aromatic heterocycles. The van der Waals surface area contributed by atoms with Gasteiger partial charge in [0, 0.05) is 20.3 Å². The second-order valence-corrected chi connectivity index (χ2v) is 5.46. The Morgan fingerprint density at radius 3 is 1.89 bits per heavy atom. The first-order valence-corrected chi connectivity index (χ1v) is 6.70. The molecule has 56 valence electrons. The van der Waals surface area contributed by atoms with Gasteiger partial charge in [0.1, 0.15) is 0 Å². The summed E-state index contributed by atoms with van der Waals surface area (Å²) in [4.78, 5) is 1.10. The predicted molar refractivity (Wildman–Crippen MR) is 57.6 cm³/mol. The van der Waals surface area contributed by atoms with E-state index in [9.17, 15) is 0 Å². The molecule has 0 radical (unpaired) electrons. The van der Waals surface area contributed by atoms with E-state index in [0.717, 1.165) is 17.1 Å². The monoisotopic (exact) mass is 384 g/mol. The van der Waals surface area contributed by atoms with Crippen molar-refractivity contribution in [3.8, 4) is 0 Å². The molecule has 0 aromatic rings. The maximum absolute atomic E-state index is 3.56. The van der Waals surface area contributed by atoms with Gasteiger partial charge in [0.25, 0.3) is 0 Å². The predicted octanol–water partition coefficient (Wildman–Crippen LogP) is 3.69. The van der Waals surface area contributed by atoms with Crippen LogP contribution in [-0.2, 0) is 0 Å². The van der Waals surface area contributed by atoms with Gasteiger partial charge in [-0.1, -0.05) is 63.7 Å². The van der Waals surface area contributed by atoms with Crippen LogP contribution in [0.15, 0.2) is 0 Å². The van der Waals surface area contributed by atoms with Crippen LogP contribution in [0.3, 0.4) is 0 Å². The zero-order valence-corrected chi connectivity index (χ0v) is 11.1. The first-order chi connectivity index (χ1) is 4.22. The highest BCUT2D eigenvalue weighted by molar-refractivity contribution is 9.13. The third kappa shape index (κ3) is 5.22. The van der Waals surface area contributed by atoms with E-state index in [-0.39, 0.29) is 0 Å². The van der Waals surface area contributed by atoms with Gasteiger partial charge in [-0.25, -0.2) is 0 Å². The van der Waals surface area contributed by atoms with Crippen LogP contribution in [-0.4, -0.2) is 20.3 Å². The molecule has 2 unspecified atom stereocenters. The summed E-state index contributed by atoms with van der Waals surface area (Å²) >= 11 is 13.9. The minimum atomic E-state index is 0.537. The fourth-order valence-corrected chi connectivity index (χ4v) is 3.12. The van der Waals surface area contributed by atoms with Gasteiger partial charge in [-0.3, -0.25) is 0 Å². The Labute approximate surface area is 89.7 Å². The highest BCUT2D eigenvalue weighted by Crippen LogP contribution is 2.20. The van der Waals surface area contributed by atoms with Crippen LogP contribution in [0, 0.1) is 0 Å². The topological polar surface area (TPSA) is 0 Å². The smallest absolute Gasteiger partial charge is 0.0368 e. The van der Waals surface area contributed by atoms with Crippen LogP contribution in [0.5, 0.6) is 0 Å². The number of halogens is 4. The molecule has 4 heteroatoms. The van der Waals surface area contributed by atoms with Crippen LogP contribution in [0.1, 0.15) is 6.42 Å². The summed E-state index contributed by atoms with van der Waals surface area (Å²) < 4.78 is 0. The summed E-state index contributed by atoms with van der Waals surface area (Å²) in [6.45, 7) is 0. The quantitative estimate of drug-likeness (QED) is 0.645. The lowest BCUT2D eigenvalue weighted by atomic mass is 10.3. The second-order valence-electron chi connectivity index (χ2n) is 1.66. The highest BCUT2D eigenvalue weighted by atomic mass is 79.9. The number of hydrogen-bond acceptors (Lipinski definition) is 0. The van der Waals surface area contributed by atoms with Crippen molar-refractivity contribution in [2.45, 2.75) is 16.1 Å². The average molecular weight is 388 g/mol. The van der Waals surface area contributed by atoms with Gasteiger partial charge < -0.3 is 0 Å². The van der Waals surface area contributed by atoms with E-state index in [4.69, 9.17) is 0 Å². The van der Waals surface area contributed by atoms with Gasteiger partial charge in [0.15, 0.2) is 0 Å². The van der Waals surface area contributed by atoms with E-state index >= 15 is 0 Å². The van der Waals surface area contributed by atoms with Crippen molar-refractivity contribution < 1.29 is 0 Å². The number of alkyl halides is 4. The molecule has 0 saturated carbocycles. The summed E-state index contributed by atoms with van der Waals surface area (Å²) in [7, 11) is 0. The molecule has 0 nitrogen and oxygen atoms in total. The van der Waals surface area contributed by atoms with Crippen LogP contribution in [0.2, 0.25) is 0 Å². The molecular weight excluding hydrogens is 380 g/mol. The van der Waals surface area contributed by atoms with Crippen molar-refractivity contribution in [3.63, 3.8) is 0 Å². The zero-order chi connectivity index (χ0) is 7.28. The van der Waals surface area contributed by atoms with E-state index in [1.54, 1.807) is 0 Å². The largest absolute Gasteiger partial charge is 0.0928 e. The number of hydrogen-bond donors (Lipinski definition) is 0. The van der Waals surface area contributed by atoms with Gasteiger partial charge in [0.05, 0.1) is 0 Å². The first-order valence-electron chi connectivity index (χ1n) is 2.62. The lowest BCUT2D eigenvalue weighted by Crippen LogP contribution is -2.15. The minimum Gasteiger partial charge on any atom is -0.0928 e. The Morgan fingerprint density at radius 1 is 1.00 bits per heavy atom. The molecule has 0 N–H and O–H groups in total. The molecule has 0 aromatic carbocycles. The lowest BCUT2D eigenvalue weighted by molar-refractivity contribution is 0.852. The van der Waals surface area contributed by atoms with Crippen LogP contribution in [0.25, 0.3) is 0 Å². The Kier molecular flexibility index (Phi) is 8.03. The van der Waals surface area contributed by atoms with Crippen molar-refractivity contribution >= 4 is 63.7 Å². The maximum atomic E-state index is 3.56. The molecule has 9 heavy (non-hydrogen) atoms. The molecule has 0 bridgehead atoms. The molecule has 0 heterocycles. The van der Waals surface area contributed by atoms with Crippen molar-refractivity contribution in [2.75, 3.05) is 10.7 Å². The number of rotatable bonds is 4. The average Bonchev–Trinajstić information content (AvgIpc) is 1.87. The van der Waals surface area contributed by atoms with Gasteiger partial charge in [-0.05, 0) is 6.42 Å². The van der Waals surface area contributed by atoms with Gasteiger partial charge in [-0.15, -0.1) is 0 Å². The minimum absolute atomic E-state index is 0.537. The Hall–Kier alpha value is 1.92. The summed E-state index contributed by atoms with van der Waals surface area (Å²) in [5.41, 5.74) is 0. The van der Waals surface area contributed by atoms with Crippen LogP contribution < -0.4 is 0 Å². The molecule has 0 saturated heterocycles. The van der Waals surface area contributed by atoms with E-state index in [1.165, 1.54) is 0 Å². The maximum Gasteiger partial charge on any atom is 0.0368 e. The van der Waals surface area contributed by atoms with Crippen LogP contribution >= 0.6 is 63.7 Å². The molecule has 0 fully saturated rings. The normalized spacial score (nSPS) is 17.3. The highest BCUT2D eigenvalue weighted by Gasteiger charge is 2.12. The fraction of sp³-hybridized carbons (Fsp3) is 1.00. The van der Waals surface area contributed by atoms with E-state index in [0.29, 0.717) is 9.65 Å². The Bertz CT molecular complexity index is 66.0. The molecule has 0 aliphatic heterocycles. The lowest BCUT2D eigenvalue weighted by Gasteiger charge is -2.11. The third-order valence-corrected chi connectivity index (χ3v) is 5.72. The van der Waals surface area contributed by atoms with Crippen molar-refractivity contribution in [2.24, 2.45) is 0 Å². The van der Waals surface area contributed by atoms with E-state index < -0.39 is 0 Å². The second kappa shape index (κ2) is 6.62. The standard InChI is InChI=1S/C5H8Br4/c6-2-1-4(8)5(9)3-7/h4-5H,1-3H2. The summed E-state index contributed by atoms with van der Waals surface area (Å²) in [5, 5.41) is 2.05. The SMILES string of the molecule is BrCCC(Br)C(Br)CBr. The van der Waals surface area contributed by atoms with E-state index in [2.05, 4.69) is 63.7 Å². The Morgan fingerprint density at radius 2 is 1.56 bits per heavy atom. The van der Waals surface area contributed by atoms with Crippen LogP contribution in [0.4, 0.5) is 0 Å². The molecule has 0 aliphatic carbocycles. The summed E-state index contributed by atoms with van der Waals surface area (Å²) in [6, 6.07) is 0. The van der Waals surface area contributed by atoms with Gasteiger partial charge >= 0.3 is 0 Å². The fourth-order valence-electron chi connectivity index (χ4n) is 0.382. The van der Waals surface area contributed by atoms with Crippen molar-refractivity contribution in [1.29, 1.82) is 0 Å². The molecular formula is C5H8Br4. The molecule has 0 amide bonds.